The molecule has 0 aromatic carbocycles. The van der Waals surface area contributed by atoms with Gasteiger partial charge in [-0.25, -0.2) is 0 Å². The molecule has 68 valence electrons. The largest absolute Gasteiger partial charge is 0.166 e. The van der Waals surface area contributed by atoms with Crippen molar-refractivity contribution in [3.05, 3.63) is 0 Å². The summed E-state index contributed by atoms with van der Waals surface area (Å²) in [5.41, 5.74) is 0. The van der Waals surface area contributed by atoms with E-state index in [1.165, 1.54) is 12.8 Å². The Morgan fingerprint density at radius 1 is 1.18 bits per heavy atom. The molecule has 0 amide bonds. The minimum Gasteiger partial charge on any atom is -0.166 e. The van der Waals surface area contributed by atoms with Crippen molar-refractivity contribution < 1.29 is 0 Å². The summed E-state index contributed by atoms with van der Waals surface area (Å²) in [6.45, 7) is 4.70. The number of hydrogen-bond acceptors (Lipinski definition) is 0. The van der Waals surface area contributed by atoms with Crippen LogP contribution in [0, 0.1) is 11.8 Å². The van der Waals surface area contributed by atoms with Crippen LogP contribution in [-0.4, -0.2) is 17.8 Å². The maximum absolute atomic E-state index is 6.38. The van der Waals surface area contributed by atoms with E-state index in [4.69, 9.17) is 10.7 Å². The molecular formula is C9H19ClS. The fraction of sp³-hybridized carbons (Fsp3) is 1.00. The summed E-state index contributed by atoms with van der Waals surface area (Å²) in [7, 11) is 5.57. The quantitative estimate of drug-likeness (QED) is 0.598. The van der Waals surface area contributed by atoms with Crippen molar-refractivity contribution in [1.29, 1.82) is 0 Å². The molecule has 0 heterocycles. The first-order valence-electron chi connectivity index (χ1n) is 4.33. The summed E-state index contributed by atoms with van der Waals surface area (Å²) >= 11 is 0. The highest BCUT2D eigenvalue weighted by atomic mass is 35.7. The average Bonchev–Trinajstić information content (AvgIpc) is 2.08. The molecule has 1 saturated carbocycles. The third kappa shape index (κ3) is 2.29. The number of halogens is 1. The molecule has 0 aliphatic heterocycles. The van der Waals surface area contributed by atoms with Gasteiger partial charge in [0.15, 0.2) is 0 Å². The highest BCUT2D eigenvalue weighted by molar-refractivity contribution is 8.50. The molecule has 3 unspecified atom stereocenters. The van der Waals surface area contributed by atoms with Crippen molar-refractivity contribution in [2.45, 2.75) is 31.9 Å². The summed E-state index contributed by atoms with van der Waals surface area (Å²) in [5, 5.41) is 0.805. The van der Waals surface area contributed by atoms with E-state index in [1.807, 2.05) is 0 Å². The Morgan fingerprint density at radius 3 is 1.91 bits per heavy atom. The van der Waals surface area contributed by atoms with Gasteiger partial charge in [-0.05, 0) is 37.2 Å². The second-order valence-corrected chi connectivity index (χ2v) is 9.92. The molecule has 0 spiro atoms. The highest BCUT2D eigenvalue weighted by Gasteiger charge is 2.35. The van der Waals surface area contributed by atoms with E-state index in [0.29, 0.717) is 0 Å². The van der Waals surface area contributed by atoms with Crippen LogP contribution in [0.4, 0.5) is 0 Å². The van der Waals surface area contributed by atoms with Gasteiger partial charge in [0.2, 0.25) is 0 Å². The molecule has 1 fully saturated rings. The Hall–Kier alpha value is 0.640. The van der Waals surface area contributed by atoms with Crippen LogP contribution < -0.4 is 0 Å². The van der Waals surface area contributed by atoms with Gasteiger partial charge in [0.25, 0.3) is 0 Å². The normalized spacial score (nSPS) is 41.0. The Kier molecular flexibility index (Phi) is 2.81. The van der Waals surface area contributed by atoms with Crippen molar-refractivity contribution in [1.82, 2.24) is 0 Å². The summed E-state index contributed by atoms with van der Waals surface area (Å²) in [4.78, 5) is 0. The van der Waals surface area contributed by atoms with Gasteiger partial charge in [0, 0.05) is 5.25 Å². The number of hydrogen-bond donors (Lipinski definition) is 0. The summed E-state index contributed by atoms with van der Waals surface area (Å²) in [5.74, 6) is 1.76. The van der Waals surface area contributed by atoms with Crippen molar-refractivity contribution >= 4 is 19.9 Å². The first kappa shape index (κ1) is 9.73. The first-order valence-corrected chi connectivity index (χ1v) is 7.67. The third-order valence-corrected chi connectivity index (χ3v) is 5.55. The van der Waals surface area contributed by atoms with Gasteiger partial charge in [-0.2, -0.15) is 9.24 Å². The molecule has 0 nitrogen and oxygen atoms in total. The Labute approximate surface area is 76.5 Å². The summed E-state index contributed by atoms with van der Waals surface area (Å²) in [6.07, 6.45) is 7.20. The van der Waals surface area contributed by atoms with E-state index < -0.39 is 9.24 Å². The lowest BCUT2D eigenvalue weighted by atomic mass is 10.1. The highest BCUT2D eigenvalue weighted by Crippen LogP contribution is 2.58. The lowest BCUT2D eigenvalue weighted by Crippen LogP contribution is -2.15. The molecule has 1 rings (SSSR count). The molecule has 1 aliphatic rings. The summed E-state index contributed by atoms with van der Waals surface area (Å²) < 4.78 is 0. The van der Waals surface area contributed by atoms with Gasteiger partial charge >= 0.3 is 0 Å². The van der Waals surface area contributed by atoms with Crippen LogP contribution in [0.25, 0.3) is 0 Å². The van der Waals surface area contributed by atoms with E-state index in [1.54, 1.807) is 0 Å². The molecule has 0 N–H and O–H groups in total. The second-order valence-electron chi connectivity index (χ2n) is 4.37. The van der Waals surface area contributed by atoms with Gasteiger partial charge in [0.1, 0.15) is 0 Å². The molecule has 3 atom stereocenters. The smallest absolute Gasteiger partial charge is 0.00371 e. The maximum atomic E-state index is 6.38. The van der Waals surface area contributed by atoms with Gasteiger partial charge in [-0.1, -0.05) is 24.5 Å². The lowest BCUT2D eigenvalue weighted by Gasteiger charge is -2.33. The van der Waals surface area contributed by atoms with E-state index in [-0.39, 0.29) is 0 Å². The molecule has 11 heavy (non-hydrogen) atoms. The fourth-order valence-corrected chi connectivity index (χ4v) is 5.04. The van der Waals surface area contributed by atoms with Gasteiger partial charge in [0.05, 0.1) is 0 Å². The number of rotatable bonds is 1. The molecule has 0 aromatic rings. The van der Waals surface area contributed by atoms with Crippen LogP contribution in [0.15, 0.2) is 0 Å². The first-order chi connectivity index (χ1) is 4.91. The van der Waals surface area contributed by atoms with E-state index in [2.05, 4.69) is 26.4 Å². The monoisotopic (exact) mass is 194 g/mol. The van der Waals surface area contributed by atoms with Crippen LogP contribution in [0.5, 0.6) is 0 Å². The predicted molar refractivity (Wildman–Crippen MR) is 56.6 cm³/mol. The SMILES string of the molecule is CC1CC(C)C(S(C)(C)Cl)C1. The van der Waals surface area contributed by atoms with Crippen molar-refractivity contribution in [2.75, 3.05) is 12.5 Å². The van der Waals surface area contributed by atoms with Crippen LogP contribution in [-0.2, 0) is 0 Å². The predicted octanol–water partition coefficient (Wildman–Crippen LogP) is 3.64. The van der Waals surface area contributed by atoms with Gasteiger partial charge < -0.3 is 0 Å². The average molecular weight is 195 g/mol. The van der Waals surface area contributed by atoms with E-state index in [0.717, 1.165) is 17.1 Å². The molecule has 0 bridgehead atoms. The van der Waals surface area contributed by atoms with Crippen LogP contribution in [0.1, 0.15) is 26.7 Å². The van der Waals surface area contributed by atoms with E-state index >= 15 is 0 Å². The zero-order valence-corrected chi connectivity index (χ0v) is 9.50. The Bertz CT molecular complexity index is 139. The summed E-state index contributed by atoms with van der Waals surface area (Å²) in [6, 6.07) is 0. The standard InChI is InChI=1S/C9H19ClS/c1-7-5-8(2)9(6-7)11(3,4)10/h7-9H,5-6H2,1-4H3. The zero-order valence-electron chi connectivity index (χ0n) is 7.93. The minimum atomic E-state index is -0.812. The van der Waals surface area contributed by atoms with Crippen molar-refractivity contribution in [3.63, 3.8) is 0 Å². The maximum Gasteiger partial charge on any atom is 0.00371 e. The molecule has 0 radical (unpaired) electrons. The third-order valence-electron chi connectivity index (χ3n) is 2.76. The van der Waals surface area contributed by atoms with Crippen LogP contribution in [0.3, 0.4) is 0 Å². The van der Waals surface area contributed by atoms with Gasteiger partial charge in [-0.15, -0.1) is 0 Å². The van der Waals surface area contributed by atoms with Gasteiger partial charge in [-0.3, -0.25) is 0 Å². The van der Waals surface area contributed by atoms with Crippen LogP contribution >= 0.6 is 19.9 Å². The molecule has 0 aromatic heterocycles. The van der Waals surface area contributed by atoms with Crippen molar-refractivity contribution in [2.24, 2.45) is 11.8 Å². The van der Waals surface area contributed by atoms with Crippen LogP contribution in [0.2, 0.25) is 0 Å². The lowest BCUT2D eigenvalue weighted by molar-refractivity contribution is 0.557. The molecule has 0 saturated heterocycles. The second kappa shape index (κ2) is 3.18. The van der Waals surface area contributed by atoms with Crippen molar-refractivity contribution in [3.8, 4) is 0 Å². The Balaban J connectivity index is 2.60. The van der Waals surface area contributed by atoms with E-state index in [9.17, 15) is 0 Å². The Morgan fingerprint density at radius 2 is 1.73 bits per heavy atom. The molecule has 1 aliphatic carbocycles. The minimum absolute atomic E-state index is 0.805. The zero-order chi connectivity index (χ0) is 8.65. The molecular weight excluding hydrogens is 176 g/mol. The fourth-order valence-electron chi connectivity index (χ4n) is 2.29. The molecule has 2 heteroatoms. The topological polar surface area (TPSA) is 0 Å².